The van der Waals surface area contributed by atoms with Gasteiger partial charge in [0.05, 0.1) is 0 Å². The molecule has 1 rings (SSSR count). The van der Waals surface area contributed by atoms with Crippen molar-refractivity contribution >= 4 is 0 Å². The molecule has 0 nitrogen and oxygen atoms in total. The Morgan fingerprint density at radius 1 is 1.70 bits per heavy atom. The molecule has 0 aliphatic heterocycles. The van der Waals surface area contributed by atoms with Gasteiger partial charge >= 0.3 is 0 Å². The molecule has 0 aromatic heterocycles. The monoisotopic (exact) mass is 137 g/mol. The van der Waals surface area contributed by atoms with Crippen molar-refractivity contribution in [3.8, 4) is 0 Å². The minimum absolute atomic E-state index is 0.497. The molecule has 0 spiro atoms. The molecule has 0 saturated carbocycles. The largest absolute Gasteiger partial charge is 0.247 e. The second-order valence-corrected chi connectivity index (χ2v) is 2.40. The maximum absolute atomic E-state index is 12.4. The molecular weight excluding hydrogens is 127 g/mol. The molecule has 1 atom stereocenters. The molecule has 0 fully saturated rings. The van der Waals surface area contributed by atoms with Gasteiger partial charge in [-0.3, -0.25) is 0 Å². The van der Waals surface area contributed by atoms with E-state index < -0.39 is 6.17 Å². The van der Waals surface area contributed by atoms with Gasteiger partial charge in [0.1, 0.15) is 6.17 Å². The van der Waals surface area contributed by atoms with Gasteiger partial charge in [0, 0.05) is 6.42 Å². The van der Waals surface area contributed by atoms with E-state index in [0.717, 1.165) is 5.56 Å². The minimum atomic E-state index is -0.754. The summed E-state index contributed by atoms with van der Waals surface area (Å²) in [5.41, 5.74) is 1.01. The van der Waals surface area contributed by atoms with Gasteiger partial charge in [0.2, 0.25) is 0 Å². The Labute approximate surface area is 60.7 Å². The van der Waals surface area contributed by atoms with E-state index in [4.69, 9.17) is 0 Å². The highest BCUT2D eigenvalue weighted by atomic mass is 19.1. The standard InChI is InChI=1S/C9H10F/c1-8(10)7-9-5-3-2-4-6-9/h2-3,5-6,8H,7H2,1H3/t8-/m1/s1. The predicted molar refractivity (Wildman–Crippen MR) is 39.6 cm³/mol. The first-order chi connectivity index (χ1) is 4.79. The third-order valence-corrected chi connectivity index (χ3v) is 1.29. The van der Waals surface area contributed by atoms with Crippen molar-refractivity contribution in [2.45, 2.75) is 19.5 Å². The SMILES string of the molecule is C[C@@H](F)Cc1c[c]ccc1. The number of hydrogen-bond donors (Lipinski definition) is 0. The molecule has 0 amide bonds. The van der Waals surface area contributed by atoms with Gasteiger partial charge < -0.3 is 0 Å². The first-order valence-corrected chi connectivity index (χ1v) is 3.38. The second kappa shape index (κ2) is 3.35. The number of rotatable bonds is 2. The number of benzene rings is 1. The van der Waals surface area contributed by atoms with Crippen LogP contribution < -0.4 is 0 Å². The third kappa shape index (κ3) is 2.18. The Morgan fingerprint density at radius 2 is 2.50 bits per heavy atom. The Morgan fingerprint density at radius 3 is 3.00 bits per heavy atom. The van der Waals surface area contributed by atoms with Crippen molar-refractivity contribution in [1.29, 1.82) is 0 Å². The van der Waals surface area contributed by atoms with Gasteiger partial charge in [-0.1, -0.05) is 24.3 Å². The van der Waals surface area contributed by atoms with Crippen LogP contribution in [0.2, 0.25) is 0 Å². The van der Waals surface area contributed by atoms with Crippen LogP contribution in [0.4, 0.5) is 4.39 Å². The Balaban J connectivity index is 2.59. The average molecular weight is 137 g/mol. The molecule has 10 heavy (non-hydrogen) atoms. The molecule has 53 valence electrons. The van der Waals surface area contributed by atoms with Crippen LogP contribution in [-0.2, 0) is 6.42 Å². The first-order valence-electron chi connectivity index (χ1n) is 3.38. The zero-order valence-corrected chi connectivity index (χ0v) is 5.97. The van der Waals surface area contributed by atoms with Gasteiger partial charge in [-0.2, -0.15) is 0 Å². The van der Waals surface area contributed by atoms with E-state index in [9.17, 15) is 4.39 Å². The fourth-order valence-electron chi connectivity index (χ4n) is 0.882. The molecule has 0 saturated heterocycles. The lowest BCUT2D eigenvalue weighted by atomic mass is 10.1. The van der Waals surface area contributed by atoms with E-state index in [1.807, 2.05) is 24.3 Å². The van der Waals surface area contributed by atoms with Crippen LogP contribution in [0.5, 0.6) is 0 Å². The topological polar surface area (TPSA) is 0 Å². The van der Waals surface area contributed by atoms with Crippen molar-refractivity contribution in [3.63, 3.8) is 0 Å². The van der Waals surface area contributed by atoms with Crippen LogP contribution in [0.1, 0.15) is 12.5 Å². The van der Waals surface area contributed by atoms with Crippen LogP contribution in [-0.4, -0.2) is 6.17 Å². The van der Waals surface area contributed by atoms with Crippen LogP contribution in [0.15, 0.2) is 24.3 Å². The lowest BCUT2D eigenvalue weighted by molar-refractivity contribution is 0.360. The normalized spacial score (nSPS) is 13.0. The highest BCUT2D eigenvalue weighted by molar-refractivity contribution is 5.14. The zero-order valence-electron chi connectivity index (χ0n) is 5.97. The van der Waals surface area contributed by atoms with E-state index >= 15 is 0 Å². The summed E-state index contributed by atoms with van der Waals surface area (Å²) in [5.74, 6) is 0. The maximum Gasteiger partial charge on any atom is 0.101 e. The molecule has 0 unspecified atom stereocenters. The van der Waals surface area contributed by atoms with Gasteiger partial charge in [0.25, 0.3) is 0 Å². The predicted octanol–water partition coefficient (Wildman–Crippen LogP) is 2.39. The van der Waals surface area contributed by atoms with Crippen LogP contribution >= 0.6 is 0 Å². The highest BCUT2D eigenvalue weighted by Gasteiger charge is 1.97. The Bertz CT molecular complexity index is 179. The maximum atomic E-state index is 12.4. The van der Waals surface area contributed by atoms with Crippen molar-refractivity contribution in [2.24, 2.45) is 0 Å². The highest BCUT2D eigenvalue weighted by Crippen LogP contribution is 2.03. The van der Waals surface area contributed by atoms with E-state index in [1.54, 1.807) is 6.92 Å². The second-order valence-electron chi connectivity index (χ2n) is 2.40. The molecule has 1 aromatic rings. The van der Waals surface area contributed by atoms with Gasteiger partial charge in [-0.25, -0.2) is 4.39 Å². The van der Waals surface area contributed by atoms with Crippen LogP contribution in [0, 0.1) is 6.07 Å². The smallest absolute Gasteiger partial charge is 0.101 e. The fraction of sp³-hybridized carbons (Fsp3) is 0.333. The summed E-state index contributed by atoms with van der Waals surface area (Å²) in [6, 6.07) is 10.3. The van der Waals surface area contributed by atoms with Crippen molar-refractivity contribution in [2.75, 3.05) is 0 Å². The summed E-state index contributed by atoms with van der Waals surface area (Å²) in [7, 11) is 0. The van der Waals surface area contributed by atoms with Gasteiger partial charge in [-0.05, 0) is 18.6 Å². The molecule has 1 radical (unpaired) electrons. The van der Waals surface area contributed by atoms with Crippen LogP contribution in [0.25, 0.3) is 0 Å². The van der Waals surface area contributed by atoms with Crippen molar-refractivity contribution in [1.82, 2.24) is 0 Å². The van der Waals surface area contributed by atoms with E-state index in [0.29, 0.717) is 6.42 Å². The van der Waals surface area contributed by atoms with E-state index in [2.05, 4.69) is 6.07 Å². The molecule has 0 bridgehead atoms. The van der Waals surface area contributed by atoms with Crippen molar-refractivity contribution in [3.05, 3.63) is 35.9 Å². The summed E-state index contributed by atoms with van der Waals surface area (Å²) in [6.45, 7) is 1.56. The molecule has 1 aromatic carbocycles. The molecule has 0 N–H and O–H groups in total. The lowest BCUT2D eigenvalue weighted by Gasteiger charge is -1.99. The number of halogens is 1. The summed E-state index contributed by atoms with van der Waals surface area (Å²) in [4.78, 5) is 0. The summed E-state index contributed by atoms with van der Waals surface area (Å²) >= 11 is 0. The Kier molecular flexibility index (Phi) is 2.43. The van der Waals surface area contributed by atoms with Gasteiger partial charge in [-0.15, -0.1) is 0 Å². The molecule has 0 aliphatic carbocycles. The summed E-state index contributed by atoms with van der Waals surface area (Å²) in [6.07, 6.45) is -0.257. The van der Waals surface area contributed by atoms with E-state index in [-0.39, 0.29) is 0 Å². The van der Waals surface area contributed by atoms with E-state index in [1.165, 1.54) is 0 Å². The summed E-state index contributed by atoms with van der Waals surface area (Å²) < 4.78 is 12.4. The van der Waals surface area contributed by atoms with Crippen LogP contribution in [0.3, 0.4) is 0 Å². The van der Waals surface area contributed by atoms with Crippen molar-refractivity contribution < 1.29 is 4.39 Å². The first kappa shape index (κ1) is 7.26. The molecular formula is C9H10F. The Hall–Kier alpha value is -0.850. The molecule has 0 aliphatic rings. The molecule has 1 heteroatoms. The summed E-state index contributed by atoms with van der Waals surface area (Å²) in [5, 5.41) is 0. The fourth-order valence-corrected chi connectivity index (χ4v) is 0.882. The lowest BCUT2D eigenvalue weighted by Crippen LogP contribution is -1.97. The average Bonchev–Trinajstić information content (AvgIpc) is 1.88. The minimum Gasteiger partial charge on any atom is -0.247 e. The number of alkyl halides is 1. The quantitative estimate of drug-likeness (QED) is 0.587. The van der Waals surface area contributed by atoms with Gasteiger partial charge in [0.15, 0.2) is 0 Å². The zero-order chi connectivity index (χ0) is 7.40. The number of hydrogen-bond acceptors (Lipinski definition) is 0. The third-order valence-electron chi connectivity index (χ3n) is 1.29. The molecule has 0 heterocycles.